The van der Waals surface area contributed by atoms with Crippen LogP contribution in [0, 0.1) is 0 Å². The van der Waals surface area contributed by atoms with E-state index in [0.29, 0.717) is 10.8 Å². The van der Waals surface area contributed by atoms with Gasteiger partial charge in [0.15, 0.2) is 0 Å². The zero-order valence-electron chi connectivity index (χ0n) is 12.3. The molecule has 0 fully saturated rings. The minimum Gasteiger partial charge on any atom is -0.465 e. The molecule has 128 valence electrons. The third kappa shape index (κ3) is 4.29. The molecule has 0 saturated carbocycles. The first kappa shape index (κ1) is 16.8. The van der Waals surface area contributed by atoms with Crippen molar-refractivity contribution in [3.05, 3.63) is 58.8 Å². The van der Waals surface area contributed by atoms with Crippen molar-refractivity contribution >= 4 is 34.5 Å². The van der Waals surface area contributed by atoms with Crippen molar-refractivity contribution < 1.29 is 22.4 Å². The molecule has 3 aromatic rings. The molecule has 0 bridgehead atoms. The Bertz CT molecular complexity index is 886. The maximum Gasteiger partial charge on any atom is 0.433 e. The van der Waals surface area contributed by atoms with Crippen LogP contribution in [0.4, 0.5) is 18.3 Å². The average Bonchev–Trinajstić information content (AvgIpc) is 3.24. The van der Waals surface area contributed by atoms with Gasteiger partial charge in [0.05, 0.1) is 11.8 Å². The lowest BCUT2D eigenvalue weighted by Crippen LogP contribution is -2.14. The smallest absolute Gasteiger partial charge is 0.433 e. The summed E-state index contributed by atoms with van der Waals surface area (Å²) in [5.74, 6) is 0.00977. The van der Waals surface area contributed by atoms with Crippen LogP contribution in [-0.4, -0.2) is 21.1 Å². The number of nitrogens with zero attached hydrogens (tertiary/aromatic N) is 3. The highest BCUT2D eigenvalue weighted by Crippen LogP contribution is 2.27. The van der Waals surface area contributed by atoms with E-state index in [1.807, 2.05) is 0 Å². The van der Waals surface area contributed by atoms with E-state index >= 15 is 0 Å². The summed E-state index contributed by atoms with van der Waals surface area (Å²) in [7, 11) is 0. The van der Waals surface area contributed by atoms with Crippen molar-refractivity contribution in [3.8, 4) is 0 Å². The molecule has 0 aliphatic rings. The molecular formula is C15H9F3N4O2S. The fraction of sp³-hybridized carbons (Fsp3) is 0.0667. The molecule has 0 aliphatic heterocycles. The Labute approximate surface area is 143 Å². The van der Waals surface area contributed by atoms with Gasteiger partial charge in [0.1, 0.15) is 16.5 Å². The molecule has 6 nitrogen and oxygen atoms in total. The summed E-state index contributed by atoms with van der Waals surface area (Å²) in [5, 5.41) is 10.9. The van der Waals surface area contributed by atoms with Gasteiger partial charge < -0.3 is 4.42 Å². The van der Waals surface area contributed by atoms with Crippen LogP contribution in [0.25, 0.3) is 12.2 Å². The van der Waals surface area contributed by atoms with E-state index in [0.717, 1.165) is 29.7 Å². The Morgan fingerprint density at radius 2 is 2.04 bits per heavy atom. The molecule has 0 radical (unpaired) electrons. The summed E-state index contributed by atoms with van der Waals surface area (Å²) in [6.07, 6.45) is 1.18. The van der Waals surface area contributed by atoms with Crippen molar-refractivity contribution in [2.24, 2.45) is 0 Å². The number of hydrogen-bond acceptors (Lipinski definition) is 6. The van der Waals surface area contributed by atoms with Gasteiger partial charge in [-0.1, -0.05) is 11.3 Å². The lowest BCUT2D eigenvalue weighted by molar-refractivity contribution is -0.141. The highest BCUT2D eigenvalue weighted by molar-refractivity contribution is 7.16. The number of halogens is 3. The molecule has 0 unspecified atom stereocenters. The monoisotopic (exact) mass is 366 g/mol. The first-order valence-corrected chi connectivity index (χ1v) is 7.63. The number of anilines is 1. The van der Waals surface area contributed by atoms with Crippen LogP contribution in [0.5, 0.6) is 0 Å². The van der Waals surface area contributed by atoms with Crippen molar-refractivity contribution in [1.82, 2.24) is 15.2 Å². The van der Waals surface area contributed by atoms with Crippen molar-refractivity contribution in [1.29, 1.82) is 0 Å². The number of rotatable bonds is 4. The second-order valence-electron chi connectivity index (χ2n) is 4.68. The largest absolute Gasteiger partial charge is 0.465 e. The van der Waals surface area contributed by atoms with Gasteiger partial charge in [-0.2, -0.15) is 13.2 Å². The van der Waals surface area contributed by atoms with Crippen LogP contribution in [0.2, 0.25) is 0 Å². The normalized spacial score (nSPS) is 11.8. The number of nitrogens with one attached hydrogen (secondary N) is 1. The zero-order valence-corrected chi connectivity index (χ0v) is 13.1. The average molecular weight is 366 g/mol. The summed E-state index contributed by atoms with van der Waals surface area (Å²) < 4.78 is 42.5. The van der Waals surface area contributed by atoms with Crippen LogP contribution in [0.15, 0.2) is 41.1 Å². The van der Waals surface area contributed by atoms with Gasteiger partial charge in [-0.3, -0.25) is 15.1 Å². The highest BCUT2D eigenvalue weighted by Gasteiger charge is 2.32. The zero-order chi connectivity index (χ0) is 17.9. The predicted molar refractivity (Wildman–Crippen MR) is 84.7 cm³/mol. The number of furan rings is 1. The van der Waals surface area contributed by atoms with E-state index in [1.54, 1.807) is 24.3 Å². The summed E-state index contributed by atoms with van der Waals surface area (Å²) in [5.41, 5.74) is -1.08. The van der Waals surface area contributed by atoms with Crippen LogP contribution in [0.1, 0.15) is 26.8 Å². The third-order valence-electron chi connectivity index (χ3n) is 2.91. The second-order valence-corrected chi connectivity index (χ2v) is 5.69. The Kier molecular flexibility index (Phi) is 4.61. The summed E-state index contributed by atoms with van der Waals surface area (Å²) >= 11 is 1.10. The summed E-state index contributed by atoms with van der Waals surface area (Å²) in [6.45, 7) is 0. The minimum atomic E-state index is -4.55. The molecule has 0 spiro atoms. The SMILES string of the molecule is O=C(Nc1nnc(/C=C/c2ccco2)s1)c1ccc(C(F)(F)F)nc1. The number of amides is 1. The van der Waals surface area contributed by atoms with E-state index in [2.05, 4.69) is 20.5 Å². The number of carbonyl (C=O) groups is 1. The number of pyridine rings is 1. The Morgan fingerprint density at radius 1 is 1.20 bits per heavy atom. The number of carbonyl (C=O) groups excluding carboxylic acids is 1. The topological polar surface area (TPSA) is 80.9 Å². The lowest BCUT2D eigenvalue weighted by Gasteiger charge is -2.06. The first-order chi connectivity index (χ1) is 11.9. The molecule has 0 saturated heterocycles. The number of hydrogen-bond donors (Lipinski definition) is 1. The fourth-order valence-electron chi connectivity index (χ4n) is 1.76. The van der Waals surface area contributed by atoms with E-state index in [-0.39, 0.29) is 10.7 Å². The van der Waals surface area contributed by atoms with E-state index in [9.17, 15) is 18.0 Å². The molecule has 3 heterocycles. The molecule has 3 aromatic heterocycles. The van der Waals surface area contributed by atoms with E-state index in [1.165, 1.54) is 6.26 Å². The lowest BCUT2D eigenvalue weighted by atomic mass is 10.2. The van der Waals surface area contributed by atoms with Crippen molar-refractivity contribution in [2.45, 2.75) is 6.18 Å². The summed E-state index contributed by atoms with van der Waals surface area (Å²) in [6, 6.07) is 5.29. The van der Waals surface area contributed by atoms with Gasteiger partial charge >= 0.3 is 6.18 Å². The molecule has 3 rings (SSSR count). The van der Waals surface area contributed by atoms with Gasteiger partial charge in [0.25, 0.3) is 5.91 Å². The van der Waals surface area contributed by atoms with E-state index < -0.39 is 17.8 Å². The molecule has 0 aliphatic carbocycles. The third-order valence-corrected chi connectivity index (χ3v) is 3.71. The van der Waals surface area contributed by atoms with Crippen LogP contribution in [0.3, 0.4) is 0 Å². The minimum absolute atomic E-state index is 0.0177. The van der Waals surface area contributed by atoms with Crippen LogP contribution in [-0.2, 0) is 6.18 Å². The summed E-state index contributed by atoms with van der Waals surface area (Å²) in [4.78, 5) is 15.2. The Balaban J connectivity index is 1.65. The quantitative estimate of drug-likeness (QED) is 0.756. The first-order valence-electron chi connectivity index (χ1n) is 6.81. The fourth-order valence-corrected chi connectivity index (χ4v) is 2.40. The van der Waals surface area contributed by atoms with Gasteiger partial charge in [-0.25, -0.2) is 0 Å². The molecule has 1 N–H and O–H groups in total. The second kappa shape index (κ2) is 6.85. The molecule has 10 heteroatoms. The Hall–Kier alpha value is -3.01. The molecular weight excluding hydrogens is 357 g/mol. The van der Waals surface area contributed by atoms with Crippen LogP contribution < -0.4 is 5.32 Å². The highest BCUT2D eigenvalue weighted by atomic mass is 32.1. The maximum absolute atomic E-state index is 12.5. The molecule has 25 heavy (non-hydrogen) atoms. The van der Waals surface area contributed by atoms with Gasteiger partial charge in [-0.05, 0) is 36.4 Å². The maximum atomic E-state index is 12.5. The molecule has 1 amide bonds. The van der Waals surface area contributed by atoms with Gasteiger partial charge in [0.2, 0.25) is 5.13 Å². The van der Waals surface area contributed by atoms with Gasteiger partial charge in [-0.15, -0.1) is 10.2 Å². The van der Waals surface area contributed by atoms with Crippen molar-refractivity contribution in [2.75, 3.05) is 5.32 Å². The number of alkyl halides is 3. The predicted octanol–water partition coefficient (Wildman–Crippen LogP) is 3.97. The van der Waals surface area contributed by atoms with Crippen molar-refractivity contribution in [3.63, 3.8) is 0 Å². The number of aromatic nitrogens is 3. The van der Waals surface area contributed by atoms with Crippen LogP contribution >= 0.6 is 11.3 Å². The van der Waals surface area contributed by atoms with E-state index in [4.69, 9.17) is 4.42 Å². The standard InChI is InChI=1S/C15H9F3N4O2S/c16-15(17,18)11-5-3-9(8-19-11)13(23)20-14-22-21-12(25-14)6-4-10-2-1-7-24-10/h1-8H,(H,20,22,23)/b6-4+. The molecule has 0 aromatic carbocycles. The molecule has 0 atom stereocenters. The van der Waals surface area contributed by atoms with Gasteiger partial charge in [0, 0.05) is 6.20 Å². The Morgan fingerprint density at radius 3 is 2.68 bits per heavy atom.